The first-order chi connectivity index (χ1) is 9.81. The Morgan fingerprint density at radius 2 is 1.65 bits per heavy atom. The van der Waals surface area contributed by atoms with Crippen LogP contribution >= 0.6 is 0 Å². The fourth-order valence-corrected chi connectivity index (χ4v) is 4.67. The molecular weight excluding hydrogens is 244 g/mol. The van der Waals surface area contributed by atoms with Crippen LogP contribution in [0.4, 0.5) is 0 Å². The molecule has 20 heavy (non-hydrogen) atoms. The van der Waals surface area contributed by atoms with Crippen LogP contribution in [-0.4, -0.2) is 5.78 Å². The van der Waals surface area contributed by atoms with Gasteiger partial charge in [0, 0.05) is 11.5 Å². The summed E-state index contributed by atoms with van der Waals surface area (Å²) in [4.78, 5) is 12.7. The van der Waals surface area contributed by atoms with Gasteiger partial charge in [-0.15, -0.1) is 0 Å². The maximum atomic E-state index is 12.7. The van der Waals surface area contributed by atoms with Gasteiger partial charge in [0.1, 0.15) is 0 Å². The minimum Gasteiger partial charge on any atom is -0.294 e. The zero-order chi connectivity index (χ0) is 13.5. The summed E-state index contributed by atoms with van der Waals surface area (Å²) >= 11 is 0. The van der Waals surface area contributed by atoms with Gasteiger partial charge in [0.05, 0.1) is 0 Å². The average Bonchev–Trinajstić information content (AvgIpc) is 3.03. The molecule has 1 atom stereocenters. The van der Waals surface area contributed by atoms with Crippen molar-refractivity contribution >= 4 is 5.78 Å². The van der Waals surface area contributed by atoms with Crippen molar-refractivity contribution in [3.05, 3.63) is 34.4 Å². The quantitative estimate of drug-likeness (QED) is 0.771. The Hall–Kier alpha value is -1.11. The van der Waals surface area contributed by atoms with Crippen molar-refractivity contribution in [1.82, 2.24) is 0 Å². The van der Waals surface area contributed by atoms with E-state index in [1.807, 2.05) is 0 Å². The third-order valence-corrected chi connectivity index (χ3v) is 5.76. The van der Waals surface area contributed by atoms with Crippen LogP contribution in [0.15, 0.2) is 12.1 Å². The summed E-state index contributed by atoms with van der Waals surface area (Å²) in [6.45, 7) is 0. The van der Waals surface area contributed by atoms with E-state index >= 15 is 0 Å². The van der Waals surface area contributed by atoms with Gasteiger partial charge in [-0.2, -0.15) is 0 Å². The minimum atomic E-state index is 0.302. The Morgan fingerprint density at radius 1 is 0.900 bits per heavy atom. The molecule has 0 radical (unpaired) electrons. The molecule has 0 N–H and O–H groups in total. The number of carbonyl (C=O) groups excluding carboxylic acids is 1. The van der Waals surface area contributed by atoms with Crippen LogP contribution in [0.1, 0.15) is 72.0 Å². The number of benzene rings is 1. The van der Waals surface area contributed by atoms with Crippen LogP contribution in [0.5, 0.6) is 0 Å². The van der Waals surface area contributed by atoms with Gasteiger partial charge in [-0.3, -0.25) is 4.79 Å². The fraction of sp³-hybridized carbons (Fsp3) is 0.632. The molecule has 1 unspecified atom stereocenters. The summed E-state index contributed by atoms with van der Waals surface area (Å²) in [7, 11) is 0. The molecule has 1 aromatic carbocycles. The number of hydrogen-bond acceptors (Lipinski definition) is 1. The van der Waals surface area contributed by atoms with Crippen molar-refractivity contribution in [3.8, 4) is 0 Å². The van der Waals surface area contributed by atoms with Crippen LogP contribution in [0, 0.1) is 11.8 Å². The molecule has 1 saturated carbocycles. The topological polar surface area (TPSA) is 17.1 Å². The largest absolute Gasteiger partial charge is 0.294 e. The van der Waals surface area contributed by atoms with Crippen molar-refractivity contribution in [2.45, 2.75) is 64.2 Å². The van der Waals surface area contributed by atoms with Gasteiger partial charge in [0.25, 0.3) is 0 Å². The second kappa shape index (κ2) is 5.02. The Kier molecular flexibility index (Phi) is 3.17. The summed E-state index contributed by atoms with van der Waals surface area (Å²) in [5.41, 5.74) is 5.41. The number of hydrogen-bond donors (Lipinski definition) is 0. The summed E-state index contributed by atoms with van der Waals surface area (Å²) in [5, 5.41) is 0. The predicted molar refractivity (Wildman–Crippen MR) is 81.2 cm³/mol. The van der Waals surface area contributed by atoms with E-state index in [0.717, 1.165) is 24.3 Å². The molecule has 0 bridgehead atoms. The van der Waals surface area contributed by atoms with E-state index < -0.39 is 0 Å². The molecule has 0 saturated heterocycles. The lowest BCUT2D eigenvalue weighted by molar-refractivity contribution is 0.0911. The third-order valence-electron chi connectivity index (χ3n) is 5.76. The second-order valence-electron chi connectivity index (χ2n) is 7.14. The monoisotopic (exact) mass is 268 g/mol. The number of fused-ring (bicyclic) bond motifs is 2. The highest BCUT2D eigenvalue weighted by Gasteiger charge is 2.33. The molecule has 1 fully saturated rings. The van der Waals surface area contributed by atoms with E-state index in [1.165, 1.54) is 68.1 Å². The van der Waals surface area contributed by atoms with E-state index in [1.54, 1.807) is 0 Å². The van der Waals surface area contributed by atoms with Gasteiger partial charge in [-0.05, 0) is 60.8 Å². The van der Waals surface area contributed by atoms with Crippen molar-refractivity contribution in [2.24, 2.45) is 11.8 Å². The number of ketones is 1. The van der Waals surface area contributed by atoms with E-state index in [0.29, 0.717) is 11.7 Å². The first-order valence-corrected chi connectivity index (χ1v) is 8.50. The highest BCUT2D eigenvalue weighted by Crippen LogP contribution is 2.38. The SMILES string of the molecule is O=C1c2cc3c(cc2CC1CC1CCCCC1)CCC3. The molecule has 0 aromatic heterocycles. The molecule has 1 aromatic rings. The van der Waals surface area contributed by atoms with Gasteiger partial charge < -0.3 is 0 Å². The molecule has 0 amide bonds. The van der Waals surface area contributed by atoms with Crippen LogP contribution in [-0.2, 0) is 19.3 Å². The summed E-state index contributed by atoms with van der Waals surface area (Å²) in [6.07, 6.45) is 12.7. The Bertz CT molecular complexity index is 537. The van der Waals surface area contributed by atoms with Gasteiger partial charge in [-0.25, -0.2) is 0 Å². The first-order valence-electron chi connectivity index (χ1n) is 8.50. The maximum Gasteiger partial charge on any atom is 0.166 e. The van der Waals surface area contributed by atoms with Crippen molar-refractivity contribution in [2.75, 3.05) is 0 Å². The van der Waals surface area contributed by atoms with Crippen molar-refractivity contribution < 1.29 is 4.79 Å². The molecule has 1 nitrogen and oxygen atoms in total. The van der Waals surface area contributed by atoms with Crippen LogP contribution < -0.4 is 0 Å². The zero-order valence-corrected chi connectivity index (χ0v) is 12.3. The van der Waals surface area contributed by atoms with Crippen LogP contribution in [0.25, 0.3) is 0 Å². The van der Waals surface area contributed by atoms with Crippen molar-refractivity contribution in [1.29, 1.82) is 0 Å². The van der Waals surface area contributed by atoms with E-state index in [4.69, 9.17) is 0 Å². The molecule has 3 aliphatic rings. The van der Waals surface area contributed by atoms with Crippen LogP contribution in [0.2, 0.25) is 0 Å². The van der Waals surface area contributed by atoms with E-state index in [9.17, 15) is 4.79 Å². The molecule has 1 heteroatoms. The first kappa shape index (κ1) is 12.6. The standard InChI is InChI=1S/C19H24O/c20-19-17(9-13-5-2-1-3-6-13)11-16-10-14-7-4-8-15(14)12-18(16)19/h10,12-13,17H,1-9,11H2. The average molecular weight is 268 g/mol. The molecule has 4 rings (SSSR count). The molecular formula is C19H24O. The number of rotatable bonds is 2. The molecule has 0 spiro atoms. The number of Topliss-reactive ketones (excluding diaryl/α,β-unsaturated/α-hetero) is 1. The predicted octanol–water partition coefficient (Wildman–Crippen LogP) is 4.50. The molecule has 0 aliphatic heterocycles. The lowest BCUT2D eigenvalue weighted by Crippen LogP contribution is -2.16. The summed E-state index contributed by atoms with van der Waals surface area (Å²) < 4.78 is 0. The molecule has 3 aliphatic carbocycles. The Balaban J connectivity index is 1.53. The Labute approximate surface area is 121 Å². The van der Waals surface area contributed by atoms with Gasteiger partial charge in [-0.1, -0.05) is 38.2 Å². The smallest absolute Gasteiger partial charge is 0.166 e. The number of carbonyl (C=O) groups is 1. The highest BCUT2D eigenvalue weighted by atomic mass is 16.1. The normalized spacial score (nSPS) is 25.8. The highest BCUT2D eigenvalue weighted by molar-refractivity contribution is 6.02. The van der Waals surface area contributed by atoms with Crippen LogP contribution in [0.3, 0.4) is 0 Å². The lowest BCUT2D eigenvalue weighted by atomic mass is 9.81. The lowest BCUT2D eigenvalue weighted by Gasteiger charge is -2.23. The molecule has 0 heterocycles. The number of aryl methyl sites for hydroxylation is 2. The van der Waals surface area contributed by atoms with E-state index in [-0.39, 0.29) is 0 Å². The maximum absolute atomic E-state index is 12.7. The second-order valence-corrected chi connectivity index (χ2v) is 7.14. The minimum absolute atomic E-state index is 0.302. The van der Waals surface area contributed by atoms with Gasteiger partial charge >= 0.3 is 0 Å². The zero-order valence-electron chi connectivity index (χ0n) is 12.3. The summed E-state index contributed by atoms with van der Waals surface area (Å²) in [5.74, 6) is 1.58. The summed E-state index contributed by atoms with van der Waals surface area (Å²) in [6, 6.07) is 4.59. The van der Waals surface area contributed by atoms with E-state index in [2.05, 4.69) is 12.1 Å². The van der Waals surface area contributed by atoms with Gasteiger partial charge in [0.15, 0.2) is 5.78 Å². The fourth-order valence-electron chi connectivity index (χ4n) is 4.67. The van der Waals surface area contributed by atoms with Gasteiger partial charge in [0.2, 0.25) is 0 Å². The Morgan fingerprint density at radius 3 is 2.45 bits per heavy atom. The van der Waals surface area contributed by atoms with Crippen molar-refractivity contribution in [3.63, 3.8) is 0 Å². The molecule has 106 valence electrons. The third kappa shape index (κ3) is 2.12.